The number of nitrogen functional groups attached to an aromatic ring is 1. The van der Waals surface area contributed by atoms with Crippen LogP contribution in [0, 0.1) is 0 Å². The second-order valence-corrected chi connectivity index (χ2v) is 5.83. The topological polar surface area (TPSA) is 93.6 Å². The first-order chi connectivity index (χ1) is 10.2. The summed E-state index contributed by atoms with van der Waals surface area (Å²) in [5.41, 5.74) is 6.36. The number of anilines is 2. The van der Waals surface area contributed by atoms with Crippen molar-refractivity contribution in [3.05, 3.63) is 30.5 Å². The van der Waals surface area contributed by atoms with Gasteiger partial charge in [-0.2, -0.15) is 0 Å². The van der Waals surface area contributed by atoms with Crippen LogP contribution in [0.1, 0.15) is 20.8 Å². The van der Waals surface area contributed by atoms with Gasteiger partial charge in [-0.3, -0.25) is 4.90 Å². The molecule has 1 aromatic heterocycles. The molecule has 0 radical (unpaired) electrons. The third kappa shape index (κ3) is 2.98. The zero-order chi connectivity index (χ0) is 16.5. The molecule has 3 N–H and O–H groups in total. The summed E-state index contributed by atoms with van der Waals surface area (Å²) in [7, 11) is 1.58. The molecule has 1 heterocycles. The van der Waals surface area contributed by atoms with Crippen LogP contribution in [0.3, 0.4) is 0 Å². The van der Waals surface area contributed by atoms with Gasteiger partial charge in [0.15, 0.2) is 5.82 Å². The number of benzene rings is 1. The minimum absolute atomic E-state index is 0.153. The normalized spacial score (nSPS) is 11.3. The summed E-state index contributed by atoms with van der Waals surface area (Å²) in [4.78, 5) is 12.8. The summed E-state index contributed by atoms with van der Waals surface area (Å²) in [6, 6.07) is 7.26. The Balaban J connectivity index is 2.49. The Hall–Kier alpha value is -2.70. The van der Waals surface area contributed by atoms with Gasteiger partial charge >= 0.3 is 6.09 Å². The van der Waals surface area contributed by atoms with Crippen molar-refractivity contribution in [1.29, 1.82) is 0 Å². The Morgan fingerprint density at radius 2 is 2.09 bits per heavy atom. The highest BCUT2D eigenvalue weighted by Crippen LogP contribution is 2.30. The third-order valence-corrected chi connectivity index (χ3v) is 3.14. The van der Waals surface area contributed by atoms with Gasteiger partial charge in [-0.1, -0.05) is 6.07 Å². The second-order valence-electron chi connectivity index (χ2n) is 5.83. The molecular weight excluding hydrogens is 284 g/mol. The molecular formula is C15H20N4O3. The Labute approximate surface area is 128 Å². The summed E-state index contributed by atoms with van der Waals surface area (Å²) >= 11 is 0. The molecule has 22 heavy (non-hydrogen) atoms. The maximum atomic E-state index is 11.6. The Morgan fingerprint density at radius 1 is 1.41 bits per heavy atom. The number of aromatic nitrogens is 2. The monoisotopic (exact) mass is 304 g/mol. The van der Waals surface area contributed by atoms with Gasteiger partial charge in [-0.25, -0.2) is 9.48 Å². The average Bonchev–Trinajstić information content (AvgIpc) is 2.79. The van der Waals surface area contributed by atoms with Gasteiger partial charge in [-0.05, 0) is 32.9 Å². The van der Waals surface area contributed by atoms with E-state index in [1.807, 2.05) is 18.2 Å². The predicted octanol–water partition coefficient (Wildman–Crippen LogP) is 2.75. The van der Waals surface area contributed by atoms with Crippen molar-refractivity contribution >= 4 is 17.6 Å². The van der Waals surface area contributed by atoms with Crippen molar-refractivity contribution in [1.82, 2.24) is 9.78 Å². The highest BCUT2D eigenvalue weighted by molar-refractivity contribution is 5.90. The summed E-state index contributed by atoms with van der Waals surface area (Å²) in [5.74, 6) is 0.833. The molecule has 118 valence electrons. The van der Waals surface area contributed by atoms with E-state index in [1.54, 1.807) is 40.1 Å². The van der Waals surface area contributed by atoms with Crippen LogP contribution < -0.4 is 15.4 Å². The van der Waals surface area contributed by atoms with Gasteiger partial charge in [0.25, 0.3) is 0 Å². The first kappa shape index (κ1) is 15.7. The molecule has 2 aromatic rings. The van der Waals surface area contributed by atoms with Crippen LogP contribution in [0.5, 0.6) is 5.75 Å². The summed E-state index contributed by atoms with van der Waals surface area (Å²) in [6.45, 7) is 5.39. The van der Waals surface area contributed by atoms with Crippen LogP contribution in [0.2, 0.25) is 0 Å². The van der Waals surface area contributed by atoms with E-state index in [9.17, 15) is 9.90 Å². The molecule has 7 nitrogen and oxygen atoms in total. The molecule has 0 fully saturated rings. The van der Waals surface area contributed by atoms with Crippen LogP contribution in [-0.2, 0) is 0 Å². The molecule has 0 aliphatic carbocycles. The highest BCUT2D eigenvalue weighted by Gasteiger charge is 2.31. The lowest BCUT2D eigenvalue weighted by molar-refractivity contribution is 0.195. The van der Waals surface area contributed by atoms with Crippen molar-refractivity contribution < 1.29 is 14.6 Å². The summed E-state index contributed by atoms with van der Waals surface area (Å²) in [5, 5.41) is 13.7. The van der Waals surface area contributed by atoms with Crippen molar-refractivity contribution in [3.8, 4) is 11.4 Å². The van der Waals surface area contributed by atoms with E-state index in [-0.39, 0.29) is 5.82 Å². The molecule has 0 unspecified atom stereocenters. The molecule has 0 saturated heterocycles. The average molecular weight is 304 g/mol. The fourth-order valence-electron chi connectivity index (χ4n) is 2.19. The quantitative estimate of drug-likeness (QED) is 0.909. The molecule has 0 saturated carbocycles. The number of rotatable bonds is 3. The molecule has 2 rings (SSSR count). The second kappa shape index (κ2) is 5.59. The summed E-state index contributed by atoms with van der Waals surface area (Å²) < 4.78 is 6.71. The fourth-order valence-corrected chi connectivity index (χ4v) is 2.19. The van der Waals surface area contributed by atoms with Crippen LogP contribution in [-0.4, -0.2) is 33.6 Å². The number of hydrogen-bond donors (Lipinski definition) is 2. The van der Waals surface area contributed by atoms with Crippen LogP contribution in [0.4, 0.5) is 16.3 Å². The predicted molar refractivity (Wildman–Crippen MR) is 84.8 cm³/mol. The number of nitrogens with zero attached hydrogens (tertiary/aromatic N) is 3. The van der Waals surface area contributed by atoms with E-state index in [0.717, 1.165) is 5.69 Å². The van der Waals surface area contributed by atoms with E-state index in [4.69, 9.17) is 10.5 Å². The zero-order valence-electron chi connectivity index (χ0n) is 13.1. The molecule has 0 aliphatic rings. The first-order valence-electron chi connectivity index (χ1n) is 6.77. The van der Waals surface area contributed by atoms with Crippen LogP contribution >= 0.6 is 0 Å². The van der Waals surface area contributed by atoms with Gasteiger partial charge in [0.2, 0.25) is 0 Å². The van der Waals surface area contributed by atoms with E-state index >= 15 is 0 Å². The Kier molecular flexibility index (Phi) is 3.99. The largest absolute Gasteiger partial charge is 0.497 e. The Morgan fingerprint density at radius 3 is 2.64 bits per heavy atom. The lowest BCUT2D eigenvalue weighted by Crippen LogP contribution is -2.45. The number of hydrogen-bond acceptors (Lipinski definition) is 4. The lowest BCUT2D eigenvalue weighted by Gasteiger charge is -2.32. The van der Waals surface area contributed by atoms with E-state index < -0.39 is 11.6 Å². The molecule has 0 bridgehead atoms. The fraction of sp³-hybridized carbons (Fsp3) is 0.333. The van der Waals surface area contributed by atoms with Crippen molar-refractivity contribution in [3.63, 3.8) is 0 Å². The number of carboxylic acid groups (broad SMARTS) is 1. The van der Waals surface area contributed by atoms with Gasteiger partial charge < -0.3 is 15.6 Å². The minimum atomic E-state index is -1.08. The van der Waals surface area contributed by atoms with E-state index in [0.29, 0.717) is 11.4 Å². The standard InChI is InChI=1S/C15H20N4O3/c1-15(2,3)19(14(20)21)12-9-18(17-13(12)16)10-6-5-7-11(8-10)22-4/h5-9H,1-4H3,(H2,16,17)(H,20,21). The molecule has 0 atom stereocenters. The number of ether oxygens (including phenoxy) is 1. The summed E-state index contributed by atoms with van der Waals surface area (Å²) in [6.07, 6.45) is 0.521. The van der Waals surface area contributed by atoms with Crippen LogP contribution in [0.15, 0.2) is 30.5 Å². The van der Waals surface area contributed by atoms with E-state index in [2.05, 4.69) is 5.10 Å². The van der Waals surface area contributed by atoms with Gasteiger partial charge in [0.05, 0.1) is 19.0 Å². The first-order valence-corrected chi connectivity index (χ1v) is 6.77. The molecule has 1 amide bonds. The van der Waals surface area contributed by atoms with Gasteiger partial charge in [-0.15, -0.1) is 5.10 Å². The number of amides is 1. The minimum Gasteiger partial charge on any atom is -0.497 e. The van der Waals surface area contributed by atoms with Crippen molar-refractivity contribution in [2.45, 2.75) is 26.3 Å². The maximum Gasteiger partial charge on any atom is 0.412 e. The smallest absolute Gasteiger partial charge is 0.412 e. The van der Waals surface area contributed by atoms with E-state index in [1.165, 1.54) is 9.58 Å². The van der Waals surface area contributed by atoms with Crippen molar-refractivity contribution in [2.75, 3.05) is 17.7 Å². The van der Waals surface area contributed by atoms with Gasteiger partial charge in [0.1, 0.15) is 11.4 Å². The van der Waals surface area contributed by atoms with Crippen molar-refractivity contribution in [2.24, 2.45) is 0 Å². The highest BCUT2D eigenvalue weighted by atomic mass is 16.5. The molecule has 7 heteroatoms. The number of carbonyl (C=O) groups is 1. The molecule has 0 aliphatic heterocycles. The molecule has 1 aromatic carbocycles. The zero-order valence-corrected chi connectivity index (χ0v) is 13.1. The lowest BCUT2D eigenvalue weighted by atomic mass is 10.1. The van der Waals surface area contributed by atoms with Gasteiger partial charge in [0, 0.05) is 11.6 Å². The SMILES string of the molecule is COc1cccc(-n2cc(N(C(=O)O)C(C)(C)C)c(N)n2)c1. The molecule has 0 spiro atoms. The maximum absolute atomic E-state index is 11.6. The number of methoxy groups -OCH3 is 1. The number of nitrogens with two attached hydrogens (primary N) is 1. The van der Waals surface area contributed by atoms with Crippen LogP contribution in [0.25, 0.3) is 5.69 Å². The third-order valence-electron chi connectivity index (χ3n) is 3.14. The Bertz CT molecular complexity index is 688.